The Bertz CT molecular complexity index is 2780. The van der Waals surface area contributed by atoms with Crippen molar-refractivity contribution < 1.29 is 4.74 Å². The molecule has 1 aliphatic heterocycles. The number of hydrogen-bond acceptors (Lipinski definition) is 4. The first kappa shape index (κ1) is 42.9. The number of nitrogens with zero attached hydrogens (tertiary/aromatic N) is 4. The Balaban J connectivity index is 1.18. The number of ether oxygens (including phenoxy) is 1. The van der Waals surface area contributed by atoms with Crippen LogP contribution in [0.4, 0.5) is 11.4 Å². The molecule has 3 heterocycles. The largest absolute Gasteiger partial charge is 0.457 e. The zero-order valence-electron chi connectivity index (χ0n) is 39.6. The monoisotopic (exact) mass is 823 g/mol. The molecule has 0 fully saturated rings. The highest BCUT2D eigenvalue weighted by molar-refractivity contribution is 6.10. The van der Waals surface area contributed by atoms with Crippen molar-refractivity contribution in [3.8, 4) is 17.3 Å². The molecule has 0 unspecified atom stereocenters. The van der Waals surface area contributed by atoms with Crippen LogP contribution in [0.1, 0.15) is 125 Å². The standard InChI is InChI=1S/C57H66N4O/c1-53(2,3)39-27-28-58-52(33-39)61-49-26-23-40(57(13,14)38-19-16-15-17-20-38)32-48(49)47-25-24-46(35-50(47)61)62-45-22-18-21-43(34-45)59-36-51(56(10,11)12)60(37-59)44-30-41(54(4,5)6)29-42(31-44)55(7,8)9/h15-36H,37H2,1-14H3. The Morgan fingerprint density at radius 3 is 1.77 bits per heavy atom. The average molecular weight is 823 g/mol. The maximum Gasteiger partial charge on any atom is 0.137 e. The van der Waals surface area contributed by atoms with Gasteiger partial charge in [0.05, 0.1) is 17.7 Å². The Labute approximate surface area is 371 Å². The van der Waals surface area contributed by atoms with Crippen LogP contribution in [0.25, 0.3) is 27.6 Å². The lowest BCUT2D eigenvalue weighted by Crippen LogP contribution is -2.31. The van der Waals surface area contributed by atoms with Crippen molar-refractivity contribution in [1.29, 1.82) is 0 Å². The molecule has 0 amide bonds. The van der Waals surface area contributed by atoms with Gasteiger partial charge in [-0.25, -0.2) is 4.98 Å². The van der Waals surface area contributed by atoms with Crippen molar-refractivity contribution >= 4 is 33.2 Å². The van der Waals surface area contributed by atoms with Crippen LogP contribution in [-0.4, -0.2) is 16.2 Å². The molecule has 0 spiro atoms. The first-order valence-corrected chi connectivity index (χ1v) is 22.3. The minimum atomic E-state index is -0.177. The van der Waals surface area contributed by atoms with E-state index in [1.807, 2.05) is 6.20 Å². The number of hydrogen-bond donors (Lipinski definition) is 0. The summed E-state index contributed by atoms with van der Waals surface area (Å²) in [7, 11) is 0. The van der Waals surface area contributed by atoms with Crippen LogP contribution in [0, 0.1) is 5.41 Å². The summed E-state index contributed by atoms with van der Waals surface area (Å²) < 4.78 is 9.11. The molecule has 0 saturated carbocycles. The first-order valence-electron chi connectivity index (χ1n) is 22.3. The summed E-state index contributed by atoms with van der Waals surface area (Å²) in [6, 6.07) is 44.3. The third kappa shape index (κ3) is 8.27. The van der Waals surface area contributed by atoms with Crippen LogP contribution in [0.5, 0.6) is 11.5 Å². The fourth-order valence-corrected chi connectivity index (χ4v) is 8.69. The van der Waals surface area contributed by atoms with Crippen LogP contribution in [0.15, 0.2) is 139 Å². The lowest BCUT2D eigenvalue weighted by molar-refractivity contribution is 0.483. The molecule has 0 bridgehead atoms. The van der Waals surface area contributed by atoms with E-state index in [2.05, 4.69) is 239 Å². The van der Waals surface area contributed by atoms with Gasteiger partial charge in [0, 0.05) is 63.2 Å². The highest BCUT2D eigenvalue weighted by atomic mass is 16.5. The van der Waals surface area contributed by atoms with Crippen LogP contribution in [0.3, 0.4) is 0 Å². The van der Waals surface area contributed by atoms with E-state index in [-0.39, 0.29) is 27.1 Å². The van der Waals surface area contributed by atoms with Gasteiger partial charge in [-0.2, -0.15) is 0 Å². The van der Waals surface area contributed by atoms with Gasteiger partial charge in [-0.15, -0.1) is 0 Å². The lowest BCUT2D eigenvalue weighted by Gasteiger charge is -2.33. The molecule has 5 heteroatoms. The maximum absolute atomic E-state index is 6.80. The zero-order valence-corrected chi connectivity index (χ0v) is 39.6. The predicted molar refractivity (Wildman–Crippen MR) is 264 cm³/mol. The van der Waals surface area contributed by atoms with E-state index >= 15 is 0 Å². The van der Waals surface area contributed by atoms with Gasteiger partial charge in [-0.1, -0.05) is 145 Å². The highest BCUT2D eigenvalue weighted by Crippen LogP contribution is 2.43. The molecule has 7 aromatic rings. The molecular weight excluding hydrogens is 757 g/mol. The number of fused-ring (bicyclic) bond motifs is 3. The quantitative estimate of drug-likeness (QED) is 0.160. The van der Waals surface area contributed by atoms with E-state index in [9.17, 15) is 0 Å². The molecule has 1 aliphatic rings. The van der Waals surface area contributed by atoms with Crippen molar-refractivity contribution in [2.75, 3.05) is 16.5 Å². The third-order valence-electron chi connectivity index (χ3n) is 12.8. The highest BCUT2D eigenvalue weighted by Gasteiger charge is 2.33. The molecular formula is C57H66N4O. The molecule has 0 aliphatic carbocycles. The van der Waals surface area contributed by atoms with Crippen LogP contribution < -0.4 is 14.5 Å². The van der Waals surface area contributed by atoms with Crippen molar-refractivity contribution in [2.45, 2.75) is 119 Å². The van der Waals surface area contributed by atoms with Gasteiger partial charge < -0.3 is 14.5 Å². The van der Waals surface area contributed by atoms with Gasteiger partial charge >= 0.3 is 0 Å². The summed E-state index contributed by atoms with van der Waals surface area (Å²) in [5.41, 5.74) is 12.1. The number of aromatic nitrogens is 2. The van der Waals surface area contributed by atoms with Gasteiger partial charge in [0.15, 0.2) is 0 Å². The predicted octanol–water partition coefficient (Wildman–Crippen LogP) is 15.4. The van der Waals surface area contributed by atoms with Crippen molar-refractivity contribution in [2.24, 2.45) is 5.41 Å². The molecule has 0 N–H and O–H groups in total. The van der Waals surface area contributed by atoms with Crippen molar-refractivity contribution in [1.82, 2.24) is 9.55 Å². The Hall–Kier alpha value is -5.81. The molecule has 2 aromatic heterocycles. The van der Waals surface area contributed by atoms with Crippen LogP contribution in [0.2, 0.25) is 0 Å². The second-order valence-electron chi connectivity index (χ2n) is 22.1. The summed E-state index contributed by atoms with van der Waals surface area (Å²) in [6.45, 7) is 32.9. The summed E-state index contributed by atoms with van der Waals surface area (Å²) in [5.74, 6) is 2.46. The summed E-state index contributed by atoms with van der Waals surface area (Å²) in [6.07, 6.45) is 4.27. The van der Waals surface area contributed by atoms with E-state index in [4.69, 9.17) is 9.72 Å². The second-order valence-corrected chi connectivity index (χ2v) is 22.1. The minimum absolute atomic E-state index is 0.0242. The van der Waals surface area contributed by atoms with E-state index < -0.39 is 0 Å². The molecule has 5 nitrogen and oxygen atoms in total. The molecule has 320 valence electrons. The van der Waals surface area contributed by atoms with E-state index in [1.54, 1.807) is 0 Å². The van der Waals surface area contributed by atoms with E-state index in [1.165, 1.54) is 44.6 Å². The number of rotatable bonds is 7. The Kier molecular flexibility index (Phi) is 10.5. The van der Waals surface area contributed by atoms with E-state index in [0.29, 0.717) is 6.67 Å². The smallest absolute Gasteiger partial charge is 0.137 e. The van der Waals surface area contributed by atoms with Crippen molar-refractivity contribution in [3.05, 3.63) is 167 Å². The van der Waals surface area contributed by atoms with Gasteiger partial charge in [0.2, 0.25) is 0 Å². The summed E-state index contributed by atoms with van der Waals surface area (Å²) >= 11 is 0. The minimum Gasteiger partial charge on any atom is -0.457 e. The third-order valence-corrected chi connectivity index (χ3v) is 12.8. The molecule has 0 radical (unpaired) electrons. The van der Waals surface area contributed by atoms with Crippen molar-refractivity contribution in [3.63, 3.8) is 0 Å². The van der Waals surface area contributed by atoms with E-state index in [0.717, 1.165) is 39.4 Å². The zero-order chi connectivity index (χ0) is 44.6. The Morgan fingerprint density at radius 1 is 0.468 bits per heavy atom. The van der Waals surface area contributed by atoms with Gasteiger partial charge in [0.25, 0.3) is 0 Å². The molecule has 8 rings (SSSR count). The average Bonchev–Trinajstić information content (AvgIpc) is 3.81. The lowest BCUT2D eigenvalue weighted by atomic mass is 9.78. The number of allylic oxidation sites excluding steroid dienone is 1. The number of benzene rings is 5. The van der Waals surface area contributed by atoms with Crippen LogP contribution >= 0.6 is 0 Å². The maximum atomic E-state index is 6.80. The SMILES string of the molecule is CC(C)(C)C1=CN(c2cccc(Oc3ccc4c5cc(C(C)(C)c6ccccc6)ccc5n(-c5cc(C(C)(C)C)ccn5)c4c3)c2)CN1c1cc(C(C)(C)C)cc(C(C)(C)C)c1. The van der Waals surface area contributed by atoms with Gasteiger partial charge in [0.1, 0.15) is 17.3 Å². The first-order chi connectivity index (χ1) is 29.0. The summed E-state index contributed by atoms with van der Waals surface area (Å²) in [5, 5.41) is 2.36. The fourth-order valence-electron chi connectivity index (χ4n) is 8.69. The number of pyridine rings is 1. The topological polar surface area (TPSA) is 33.5 Å². The second kappa shape index (κ2) is 15.2. The molecule has 62 heavy (non-hydrogen) atoms. The fraction of sp³-hybridized carbons (Fsp3) is 0.351. The summed E-state index contributed by atoms with van der Waals surface area (Å²) in [4.78, 5) is 9.83. The molecule has 0 saturated heterocycles. The number of anilines is 2. The normalized spacial score (nSPS) is 14.3. The molecule has 0 atom stereocenters. The van der Waals surface area contributed by atoms with Gasteiger partial charge in [-0.05, 0) is 105 Å². The van der Waals surface area contributed by atoms with Gasteiger partial charge in [-0.3, -0.25) is 4.57 Å². The molecule has 5 aromatic carbocycles. The Morgan fingerprint density at radius 2 is 1.13 bits per heavy atom. The van der Waals surface area contributed by atoms with Crippen LogP contribution in [-0.2, 0) is 21.7 Å².